The van der Waals surface area contributed by atoms with Gasteiger partial charge in [-0.3, -0.25) is 4.79 Å². The predicted octanol–water partition coefficient (Wildman–Crippen LogP) is 3.31. The van der Waals surface area contributed by atoms with Gasteiger partial charge in [0.05, 0.1) is 11.4 Å². The first-order valence-corrected chi connectivity index (χ1v) is 11.0. The van der Waals surface area contributed by atoms with Gasteiger partial charge < -0.3 is 9.88 Å². The fourth-order valence-electron chi connectivity index (χ4n) is 3.02. The van der Waals surface area contributed by atoms with Gasteiger partial charge in [0, 0.05) is 18.1 Å². The smallest absolute Gasteiger partial charge is 0.239 e. The SMILES string of the molecule is Cc1nccn1-c1ccc(NC(=O)CS(=O)(=O)CCCc2ccccc2)cc1F. The third-order valence-corrected chi connectivity index (χ3v) is 6.04. The lowest BCUT2D eigenvalue weighted by Gasteiger charge is -2.10. The zero-order valence-electron chi connectivity index (χ0n) is 16.0. The largest absolute Gasteiger partial charge is 0.325 e. The molecule has 29 heavy (non-hydrogen) atoms. The van der Waals surface area contributed by atoms with Crippen LogP contribution >= 0.6 is 0 Å². The Bertz CT molecular complexity index is 1100. The summed E-state index contributed by atoms with van der Waals surface area (Å²) in [5, 5.41) is 2.45. The summed E-state index contributed by atoms with van der Waals surface area (Å²) in [6.07, 6.45) is 4.26. The maximum absolute atomic E-state index is 14.4. The molecular weight excluding hydrogens is 393 g/mol. The van der Waals surface area contributed by atoms with E-state index in [1.54, 1.807) is 23.9 Å². The second kappa shape index (κ2) is 9.00. The summed E-state index contributed by atoms with van der Waals surface area (Å²) >= 11 is 0. The van der Waals surface area contributed by atoms with Crippen LogP contribution in [0, 0.1) is 12.7 Å². The first-order chi connectivity index (χ1) is 13.8. The van der Waals surface area contributed by atoms with Gasteiger partial charge in [-0.15, -0.1) is 0 Å². The van der Waals surface area contributed by atoms with Crippen LogP contribution in [-0.4, -0.2) is 35.4 Å². The van der Waals surface area contributed by atoms with Crippen molar-refractivity contribution < 1.29 is 17.6 Å². The number of hydrogen-bond acceptors (Lipinski definition) is 4. The van der Waals surface area contributed by atoms with Gasteiger partial charge in [0.2, 0.25) is 5.91 Å². The van der Waals surface area contributed by atoms with Crippen LogP contribution in [0.5, 0.6) is 0 Å². The molecule has 0 saturated carbocycles. The van der Waals surface area contributed by atoms with E-state index in [0.717, 1.165) is 11.6 Å². The van der Waals surface area contributed by atoms with Crippen LogP contribution in [0.3, 0.4) is 0 Å². The predicted molar refractivity (Wildman–Crippen MR) is 110 cm³/mol. The maximum Gasteiger partial charge on any atom is 0.239 e. The molecule has 0 spiro atoms. The molecule has 0 atom stereocenters. The van der Waals surface area contributed by atoms with Crippen LogP contribution < -0.4 is 5.32 Å². The van der Waals surface area contributed by atoms with Crippen molar-refractivity contribution in [1.29, 1.82) is 0 Å². The number of carbonyl (C=O) groups excluding carboxylic acids is 1. The third kappa shape index (κ3) is 5.74. The highest BCUT2D eigenvalue weighted by molar-refractivity contribution is 7.92. The lowest BCUT2D eigenvalue weighted by Crippen LogP contribution is -2.25. The molecule has 0 bridgehead atoms. The Labute approximate surface area is 169 Å². The zero-order valence-corrected chi connectivity index (χ0v) is 16.8. The molecule has 2 aromatic carbocycles. The number of rotatable bonds is 8. The van der Waals surface area contributed by atoms with E-state index in [9.17, 15) is 17.6 Å². The summed E-state index contributed by atoms with van der Waals surface area (Å²) in [6.45, 7) is 1.75. The average Bonchev–Trinajstić information content (AvgIpc) is 3.08. The molecule has 1 N–H and O–H groups in total. The van der Waals surface area contributed by atoms with Crippen molar-refractivity contribution in [1.82, 2.24) is 9.55 Å². The highest BCUT2D eigenvalue weighted by atomic mass is 32.2. The molecule has 0 saturated heterocycles. The zero-order chi connectivity index (χ0) is 20.9. The van der Waals surface area contributed by atoms with Gasteiger partial charge >= 0.3 is 0 Å². The molecule has 1 amide bonds. The standard InChI is InChI=1S/C21H22FN3O3S/c1-16-23-11-12-25(16)20-10-9-18(14-19(20)22)24-21(26)15-29(27,28)13-5-8-17-6-3-2-4-7-17/h2-4,6-7,9-12,14H,5,8,13,15H2,1H3,(H,24,26). The lowest BCUT2D eigenvalue weighted by molar-refractivity contribution is -0.113. The Morgan fingerprint density at radius 2 is 1.93 bits per heavy atom. The molecule has 0 radical (unpaired) electrons. The number of amides is 1. The minimum Gasteiger partial charge on any atom is -0.325 e. The first-order valence-electron chi connectivity index (χ1n) is 9.18. The Balaban J connectivity index is 1.55. The van der Waals surface area contributed by atoms with Crippen LogP contribution in [-0.2, 0) is 21.1 Å². The molecule has 1 heterocycles. The molecule has 0 aliphatic carbocycles. The number of imidazole rings is 1. The van der Waals surface area contributed by atoms with E-state index in [2.05, 4.69) is 10.3 Å². The van der Waals surface area contributed by atoms with Crippen molar-refractivity contribution in [2.45, 2.75) is 19.8 Å². The quantitative estimate of drug-likeness (QED) is 0.612. The number of nitrogens with zero attached hydrogens (tertiary/aromatic N) is 2. The van der Waals surface area contributed by atoms with Crippen molar-refractivity contribution in [3.8, 4) is 5.69 Å². The van der Waals surface area contributed by atoms with Crippen molar-refractivity contribution in [2.24, 2.45) is 0 Å². The van der Waals surface area contributed by atoms with Gasteiger partial charge in [0.15, 0.2) is 9.84 Å². The normalized spacial score (nSPS) is 11.4. The molecular formula is C21H22FN3O3S. The fourth-order valence-corrected chi connectivity index (χ4v) is 4.22. The molecule has 152 valence electrons. The molecule has 0 fully saturated rings. The summed E-state index contributed by atoms with van der Waals surface area (Å²) in [7, 11) is -3.55. The van der Waals surface area contributed by atoms with E-state index < -0.39 is 27.3 Å². The Hall–Kier alpha value is -3.00. The highest BCUT2D eigenvalue weighted by Gasteiger charge is 2.17. The Morgan fingerprint density at radius 3 is 2.59 bits per heavy atom. The van der Waals surface area contributed by atoms with Crippen LogP contribution in [0.2, 0.25) is 0 Å². The number of hydrogen-bond donors (Lipinski definition) is 1. The van der Waals surface area contributed by atoms with Crippen LogP contribution in [0.25, 0.3) is 5.69 Å². The van der Waals surface area contributed by atoms with E-state index in [1.807, 2.05) is 30.3 Å². The average molecular weight is 415 g/mol. The van der Waals surface area contributed by atoms with Crippen molar-refractivity contribution in [3.63, 3.8) is 0 Å². The molecule has 8 heteroatoms. The monoisotopic (exact) mass is 415 g/mol. The van der Waals surface area contributed by atoms with Gasteiger partial charge in [-0.05, 0) is 43.5 Å². The first kappa shape index (κ1) is 20.7. The van der Waals surface area contributed by atoms with Crippen LogP contribution in [0.4, 0.5) is 10.1 Å². The maximum atomic E-state index is 14.4. The van der Waals surface area contributed by atoms with Gasteiger partial charge in [-0.1, -0.05) is 30.3 Å². The topological polar surface area (TPSA) is 81.1 Å². The molecule has 0 aliphatic rings. The summed E-state index contributed by atoms with van der Waals surface area (Å²) in [5.41, 5.74) is 1.55. The molecule has 3 aromatic rings. The minimum absolute atomic E-state index is 0.0808. The number of aryl methyl sites for hydroxylation is 2. The van der Waals surface area contributed by atoms with E-state index >= 15 is 0 Å². The third-order valence-electron chi connectivity index (χ3n) is 4.43. The summed E-state index contributed by atoms with van der Waals surface area (Å²) in [4.78, 5) is 16.2. The second-order valence-electron chi connectivity index (χ2n) is 6.74. The molecule has 0 aliphatic heterocycles. The lowest BCUT2D eigenvalue weighted by atomic mass is 10.1. The molecule has 6 nitrogen and oxygen atoms in total. The van der Waals surface area contributed by atoms with Gasteiger partial charge in [-0.2, -0.15) is 0 Å². The summed E-state index contributed by atoms with van der Waals surface area (Å²) in [6, 6.07) is 13.8. The van der Waals surface area contributed by atoms with Gasteiger partial charge in [0.1, 0.15) is 17.4 Å². The Morgan fingerprint density at radius 1 is 1.17 bits per heavy atom. The van der Waals surface area contributed by atoms with E-state index in [-0.39, 0.29) is 11.4 Å². The van der Waals surface area contributed by atoms with Crippen LogP contribution in [0.1, 0.15) is 17.8 Å². The van der Waals surface area contributed by atoms with E-state index in [0.29, 0.717) is 24.4 Å². The number of sulfone groups is 1. The van der Waals surface area contributed by atoms with Crippen LogP contribution in [0.15, 0.2) is 60.9 Å². The molecule has 3 rings (SSSR count). The number of carbonyl (C=O) groups is 1. The van der Waals surface area contributed by atoms with Crippen molar-refractivity contribution in [2.75, 3.05) is 16.8 Å². The van der Waals surface area contributed by atoms with Crippen molar-refractivity contribution in [3.05, 3.63) is 78.1 Å². The number of halogens is 1. The van der Waals surface area contributed by atoms with Gasteiger partial charge in [0.25, 0.3) is 0 Å². The number of nitrogens with one attached hydrogen (secondary N) is 1. The fraction of sp³-hybridized carbons (Fsp3) is 0.238. The van der Waals surface area contributed by atoms with E-state index in [1.165, 1.54) is 12.1 Å². The van der Waals surface area contributed by atoms with Gasteiger partial charge in [-0.25, -0.2) is 17.8 Å². The molecule has 1 aromatic heterocycles. The van der Waals surface area contributed by atoms with Crippen molar-refractivity contribution >= 4 is 21.4 Å². The second-order valence-corrected chi connectivity index (χ2v) is 8.92. The number of aromatic nitrogens is 2. The minimum atomic E-state index is -3.55. The van der Waals surface area contributed by atoms with E-state index in [4.69, 9.17) is 0 Å². The summed E-state index contributed by atoms with van der Waals surface area (Å²) in [5.74, 6) is -1.32. The highest BCUT2D eigenvalue weighted by Crippen LogP contribution is 2.19. The number of benzene rings is 2. The number of anilines is 1. The molecule has 0 unspecified atom stereocenters. The summed E-state index contributed by atoms with van der Waals surface area (Å²) < 4.78 is 40.4. The Kier molecular flexibility index (Phi) is 6.43.